The fourth-order valence-electron chi connectivity index (χ4n) is 1.03. The van der Waals surface area contributed by atoms with E-state index in [1.54, 1.807) is 13.0 Å². The van der Waals surface area contributed by atoms with Crippen LogP contribution >= 0.6 is 0 Å². The number of hydrogen-bond donors (Lipinski definition) is 1. The van der Waals surface area contributed by atoms with Crippen LogP contribution in [0.4, 0.5) is 4.79 Å². The Hall–Kier alpha value is -2.10. The maximum absolute atomic E-state index is 11.0. The predicted molar refractivity (Wildman–Crippen MR) is 63.3 cm³/mol. The van der Waals surface area contributed by atoms with Crippen LogP contribution in [-0.4, -0.2) is 18.3 Å². The van der Waals surface area contributed by atoms with Crippen LogP contribution in [0.25, 0.3) is 0 Å². The SMILES string of the molecule is C=CCNC(=O)O/N=C(\C)c1ccccc1. The van der Waals surface area contributed by atoms with E-state index in [0.29, 0.717) is 12.3 Å². The quantitative estimate of drug-likeness (QED) is 0.365. The third kappa shape index (κ3) is 3.96. The van der Waals surface area contributed by atoms with Gasteiger partial charge in [0.05, 0.1) is 5.71 Å². The third-order valence-electron chi connectivity index (χ3n) is 1.85. The lowest BCUT2D eigenvalue weighted by atomic mass is 10.1. The minimum Gasteiger partial charge on any atom is -0.316 e. The lowest BCUT2D eigenvalue weighted by Crippen LogP contribution is -2.22. The van der Waals surface area contributed by atoms with Crippen molar-refractivity contribution < 1.29 is 9.63 Å². The van der Waals surface area contributed by atoms with Gasteiger partial charge in [-0.15, -0.1) is 6.58 Å². The molecule has 0 bridgehead atoms. The molecule has 0 aromatic heterocycles. The Balaban J connectivity index is 2.51. The van der Waals surface area contributed by atoms with Gasteiger partial charge in [0.2, 0.25) is 0 Å². The zero-order valence-corrected chi connectivity index (χ0v) is 9.14. The van der Waals surface area contributed by atoms with Crippen molar-refractivity contribution in [3.63, 3.8) is 0 Å². The molecule has 0 spiro atoms. The molecule has 4 nitrogen and oxygen atoms in total. The summed E-state index contributed by atoms with van der Waals surface area (Å²) in [6.45, 7) is 5.60. The Morgan fingerprint density at radius 1 is 1.50 bits per heavy atom. The fraction of sp³-hybridized carbons (Fsp3) is 0.167. The van der Waals surface area contributed by atoms with Crippen LogP contribution in [0.2, 0.25) is 0 Å². The summed E-state index contributed by atoms with van der Waals surface area (Å²) in [5.74, 6) is 0. The van der Waals surface area contributed by atoms with Crippen LogP contribution in [0.5, 0.6) is 0 Å². The average molecular weight is 218 g/mol. The van der Waals surface area contributed by atoms with E-state index in [1.165, 1.54) is 0 Å². The van der Waals surface area contributed by atoms with Crippen molar-refractivity contribution in [1.82, 2.24) is 5.32 Å². The van der Waals surface area contributed by atoms with Crippen molar-refractivity contribution in [2.24, 2.45) is 5.16 Å². The molecule has 0 aliphatic carbocycles. The molecule has 1 aromatic rings. The first kappa shape index (κ1) is 12.0. The fourth-order valence-corrected chi connectivity index (χ4v) is 1.03. The molecule has 0 radical (unpaired) electrons. The monoisotopic (exact) mass is 218 g/mol. The van der Waals surface area contributed by atoms with Crippen molar-refractivity contribution in [1.29, 1.82) is 0 Å². The Morgan fingerprint density at radius 3 is 2.81 bits per heavy atom. The number of carbonyl (C=O) groups excluding carboxylic acids is 1. The van der Waals surface area contributed by atoms with Gasteiger partial charge in [0.15, 0.2) is 0 Å². The minimum absolute atomic E-state index is 0.360. The van der Waals surface area contributed by atoms with Crippen molar-refractivity contribution in [2.45, 2.75) is 6.92 Å². The first-order valence-electron chi connectivity index (χ1n) is 4.90. The van der Waals surface area contributed by atoms with Crippen molar-refractivity contribution in [3.05, 3.63) is 48.6 Å². The van der Waals surface area contributed by atoms with E-state index in [0.717, 1.165) is 5.56 Å². The highest BCUT2D eigenvalue weighted by atomic mass is 16.7. The van der Waals surface area contributed by atoms with Crippen LogP contribution < -0.4 is 5.32 Å². The van der Waals surface area contributed by atoms with Crippen LogP contribution in [0.15, 0.2) is 48.1 Å². The summed E-state index contributed by atoms with van der Waals surface area (Å²) < 4.78 is 0. The Kier molecular flexibility index (Phi) is 4.79. The summed E-state index contributed by atoms with van der Waals surface area (Å²) in [7, 11) is 0. The molecule has 4 heteroatoms. The van der Waals surface area contributed by atoms with Gasteiger partial charge in [0.25, 0.3) is 0 Å². The topological polar surface area (TPSA) is 50.7 Å². The molecule has 16 heavy (non-hydrogen) atoms. The number of benzene rings is 1. The van der Waals surface area contributed by atoms with E-state index in [-0.39, 0.29) is 0 Å². The Morgan fingerprint density at radius 2 is 2.19 bits per heavy atom. The predicted octanol–water partition coefficient (Wildman–Crippen LogP) is 2.32. The largest absolute Gasteiger partial charge is 0.433 e. The Bertz CT molecular complexity index is 385. The maximum Gasteiger partial charge on any atom is 0.433 e. The van der Waals surface area contributed by atoms with Crippen LogP contribution in [0, 0.1) is 0 Å². The van der Waals surface area contributed by atoms with Gasteiger partial charge in [-0.2, -0.15) is 0 Å². The number of rotatable bonds is 4. The van der Waals surface area contributed by atoms with E-state index >= 15 is 0 Å². The van der Waals surface area contributed by atoms with Crippen LogP contribution in [-0.2, 0) is 4.84 Å². The molecule has 0 aliphatic rings. The van der Waals surface area contributed by atoms with Crippen molar-refractivity contribution >= 4 is 11.8 Å². The summed E-state index contributed by atoms with van der Waals surface area (Å²) in [4.78, 5) is 15.7. The summed E-state index contributed by atoms with van der Waals surface area (Å²) in [6.07, 6.45) is 0.977. The van der Waals surface area contributed by atoms with Gasteiger partial charge in [0.1, 0.15) is 0 Å². The maximum atomic E-state index is 11.0. The number of nitrogens with one attached hydrogen (secondary N) is 1. The van der Waals surface area contributed by atoms with Gasteiger partial charge < -0.3 is 5.32 Å². The van der Waals surface area contributed by atoms with Crippen molar-refractivity contribution in [3.8, 4) is 0 Å². The second kappa shape index (κ2) is 6.40. The molecule has 1 amide bonds. The number of oxime groups is 1. The number of nitrogens with zero attached hydrogens (tertiary/aromatic N) is 1. The lowest BCUT2D eigenvalue weighted by Gasteiger charge is -2.01. The van der Waals surface area contributed by atoms with E-state index in [4.69, 9.17) is 0 Å². The summed E-state index contributed by atoms with van der Waals surface area (Å²) in [6, 6.07) is 9.49. The van der Waals surface area contributed by atoms with Gasteiger partial charge in [-0.3, -0.25) is 4.84 Å². The van der Waals surface area contributed by atoms with Gasteiger partial charge in [-0.05, 0) is 12.5 Å². The average Bonchev–Trinajstić information content (AvgIpc) is 2.34. The normalized spacial score (nSPS) is 10.7. The number of amides is 1. The molecule has 84 valence electrons. The molecule has 0 heterocycles. The molecule has 0 atom stereocenters. The van der Waals surface area contributed by atoms with Crippen LogP contribution in [0.3, 0.4) is 0 Å². The second-order valence-corrected chi connectivity index (χ2v) is 3.09. The molecule has 0 fully saturated rings. The molecule has 1 N–H and O–H groups in total. The number of carbonyl (C=O) groups is 1. The molecule has 1 rings (SSSR count). The summed E-state index contributed by atoms with van der Waals surface area (Å²) >= 11 is 0. The first-order valence-corrected chi connectivity index (χ1v) is 4.90. The van der Waals surface area contributed by atoms with Crippen molar-refractivity contribution in [2.75, 3.05) is 6.54 Å². The van der Waals surface area contributed by atoms with Gasteiger partial charge >= 0.3 is 6.09 Å². The van der Waals surface area contributed by atoms with Gasteiger partial charge in [-0.25, -0.2) is 4.79 Å². The molecule has 0 aliphatic heterocycles. The van der Waals surface area contributed by atoms with E-state index in [9.17, 15) is 4.79 Å². The minimum atomic E-state index is -0.588. The standard InChI is InChI=1S/C12H14N2O2/c1-3-9-13-12(15)16-14-10(2)11-7-5-4-6-8-11/h3-8H,1,9H2,2H3,(H,13,15)/b14-10+. The highest BCUT2D eigenvalue weighted by Crippen LogP contribution is 2.00. The first-order chi connectivity index (χ1) is 7.74. The van der Waals surface area contributed by atoms with Crippen LogP contribution in [0.1, 0.15) is 12.5 Å². The van der Waals surface area contributed by atoms with E-state index in [1.807, 2.05) is 30.3 Å². The molecular weight excluding hydrogens is 204 g/mol. The smallest absolute Gasteiger partial charge is 0.316 e. The summed E-state index contributed by atoms with van der Waals surface area (Å²) in [5.41, 5.74) is 1.56. The zero-order valence-electron chi connectivity index (χ0n) is 9.14. The van der Waals surface area contributed by atoms with Gasteiger partial charge in [-0.1, -0.05) is 41.6 Å². The second-order valence-electron chi connectivity index (χ2n) is 3.09. The molecule has 0 saturated heterocycles. The van der Waals surface area contributed by atoms with E-state index < -0.39 is 6.09 Å². The van der Waals surface area contributed by atoms with E-state index in [2.05, 4.69) is 21.9 Å². The zero-order chi connectivity index (χ0) is 11.8. The third-order valence-corrected chi connectivity index (χ3v) is 1.85. The molecule has 0 unspecified atom stereocenters. The highest BCUT2D eigenvalue weighted by molar-refractivity contribution is 5.98. The number of hydrogen-bond acceptors (Lipinski definition) is 3. The molecule has 1 aromatic carbocycles. The lowest BCUT2D eigenvalue weighted by molar-refractivity contribution is 0.152. The highest BCUT2D eigenvalue weighted by Gasteiger charge is 2.00. The Labute approximate surface area is 94.6 Å². The van der Waals surface area contributed by atoms with Gasteiger partial charge in [0, 0.05) is 6.54 Å². The molecule has 0 saturated carbocycles. The molecular formula is C12H14N2O2. The summed E-state index contributed by atoms with van der Waals surface area (Å²) in [5, 5.41) is 6.17.